The maximum absolute atomic E-state index is 13.4. The second kappa shape index (κ2) is 9.36. The third-order valence-electron chi connectivity index (χ3n) is 5.76. The lowest BCUT2D eigenvalue weighted by Crippen LogP contribution is -2.38. The quantitative estimate of drug-likeness (QED) is 0.485. The second-order valence-corrected chi connectivity index (χ2v) is 8.78. The van der Waals surface area contributed by atoms with Gasteiger partial charge in [-0.1, -0.05) is 79.4 Å². The van der Waals surface area contributed by atoms with Gasteiger partial charge in [0.15, 0.2) is 5.13 Å². The zero-order valence-corrected chi connectivity index (χ0v) is 17.8. The molecule has 0 radical (unpaired) electrons. The summed E-state index contributed by atoms with van der Waals surface area (Å²) in [6.45, 7) is 2.77. The molecule has 0 bridgehead atoms. The molecular formula is C25H28N2OS. The van der Waals surface area contributed by atoms with E-state index in [9.17, 15) is 4.79 Å². The molecule has 0 N–H and O–H groups in total. The Morgan fingerprint density at radius 2 is 1.76 bits per heavy atom. The fourth-order valence-corrected chi connectivity index (χ4v) is 4.87. The van der Waals surface area contributed by atoms with Crippen LogP contribution in [0.1, 0.15) is 43.2 Å². The van der Waals surface area contributed by atoms with Crippen molar-refractivity contribution in [2.24, 2.45) is 5.92 Å². The van der Waals surface area contributed by atoms with E-state index in [-0.39, 0.29) is 11.8 Å². The normalized spacial score (nSPS) is 14.7. The predicted molar refractivity (Wildman–Crippen MR) is 121 cm³/mol. The Morgan fingerprint density at radius 1 is 1.03 bits per heavy atom. The highest BCUT2D eigenvalue weighted by Crippen LogP contribution is 2.32. The standard InChI is InChI=1S/C25H28N2OS/c1-19-12-14-21(15-13-19)23-18-29-25(26-23)27(17-16-20-8-4-2-5-9-20)24(28)22-10-6-3-7-11-22/h2,4-5,8-9,12-15,18,22H,3,6-7,10-11,16-17H2,1H3. The van der Waals surface area contributed by atoms with Crippen molar-refractivity contribution in [1.82, 2.24) is 4.98 Å². The Morgan fingerprint density at radius 3 is 2.48 bits per heavy atom. The number of rotatable bonds is 6. The summed E-state index contributed by atoms with van der Waals surface area (Å²) in [6, 6.07) is 18.8. The minimum atomic E-state index is 0.145. The fourth-order valence-electron chi connectivity index (χ4n) is 4.00. The molecule has 29 heavy (non-hydrogen) atoms. The molecule has 1 amide bonds. The Hall–Kier alpha value is -2.46. The van der Waals surface area contributed by atoms with E-state index >= 15 is 0 Å². The topological polar surface area (TPSA) is 33.2 Å². The van der Waals surface area contributed by atoms with E-state index in [2.05, 4.69) is 60.8 Å². The minimum absolute atomic E-state index is 0.145. The average molecular weight is 405 g/mol. The highest BCUT2D eigenvalue weighted by atomic mass is 32.1. The van der Waals surface area contributed by atoms with Crippen LogP contribution in [0, 0.1) is 12.8 Å². The lowest BCUT2D eigenvalue weighted by molar-refractivity contribution is -0.123. The molecule has 2 aromatic carbocycles. The number of aromatic nitrogens is 1. The first-order valence-electron chi connectivity index (χ1n) is 10.6. The first kappa shape index (κ1) is 19.8. The molecule has 4 rings (SSSR count). The van der Waals surface area contributed by atoms with Gasteiger partial charge in [-0.05, 0) is 31.7 Å². The fraction of sp³-hybridized carbons (Fsp3) is 0.360. The second-order valence-electron chi connectivity index (χ2n) is 7.94. The van der Waals surface area contributed by atoms with Crippen molar-refractivity contribution >= 4 is 22.4 Å². The molecule has 0 atom stereocenters. The molecule has 0 unspecified atom stereocenters. The molecule has 150 valence electrons. The van der Waals surface area contributed by atoms with Gasteiger partial charge in [0, 0.05) is 23.4 Å². The van der Waals surface area contributed by atoms with Gasteiger partial charge in [-0.15, -0.1) is 11.3 Å². The first-order valence-corrected chi connectivity index (χ1v) is 11.5. The van der Waals surface area contributed by atoms with Crippen LogP contribution in [0.25, 0.3) is 11.3 Å². The summed E-state index contributed by atoms with van der Waals surface area (Å²) in [5.74, 6) is 0.400. The van der Waals surface area contributed by atoms with Gasteiger partial charge in [-0.3, -0.25) is 9.69 Å². The van der Waals surface area contributed by atoms with E-state index < -0.39 is 0 Å². The van der Waals surface area contributed by atoms with Crippen LogP contribution in [0.4, 0.5) is 5.13 Å². The number of anilines is 1. The molecule has 0 saturated heterocycles. The molecule has 0 spiro atoms. The van der Waals surface area contributed by atoms with Crippen molar-refractivity contribution in [1.29, 1.82) is 0 Å². The molecule has 1 saturated carbocycles. The van der Waals surface area contributed by atoms with E-state index in [4.69, 9.17) is 4.98 Å². The smallest absolute Gasteiger partial charge is 0.231 e. The van der Waals surface area contributed by atoms with Crippen molar-refractivity contribution < 1.29 is 4.79 Å². The van der Waals surface area contributed by atoms with Crippen molar-refractivity contribution in [2.45, 2.75) is 45.4 Å². The molecule has 3 aromatic rings. The number of hydrogen-bond donors (Lipinski definition) is 0. The van der Waals surface area contributed by atoms with Crippen LogP contribution >= 0.6 is 11.3 Å². The summed E-state index contributed by atoms with van der Waals surface area (Å²) in [5.41, 5.74) is 4.54. The highest BCUT2D eigenvalue weighted by Gasteiger charge is 2.28. The van der Waals surface area contributed by atoms with Crippen molar-refractivity contribution in [3.8, 4) is 11.3 Å². The monoisotopic (exact) mass is 404 g/mol. The van der Waals surface area contributed by atoms with Gasteiger partial charge in [-0.2, -0.15) is 0 Å². The summed E-state index contributed by atoms with van der Waals surface area (Å²) in [5, 5.41) is 2.90. The minimum Gasteiger partial charge on any atom is -0.288 e. The number of amides is 1. The van der Waals surface area contributed by atoms with E-state index in [1.807, 2.05) is 11.0 Å². The number of nitrogens with zero attached hydrogens (tertiary/aromatic N) is 2. The average Bonchev–Trinajstić information content (AvgIpc) is 3.25. The van der Waals surface area contributed by atoms with Crippen LogP contribution in [-0.4, -0.2) is 17.4 Å². The van der Waals surface area contributed by atoms with Gasteiger partial charge in [0.25, 0.3) is 0 Å². The van der Waals surface area contributed by atoms with Crippen LogP contribution in [0.2, 0.25) is 0 Å². The SMILES string of the molecule is Cc1ccc(-c2csc(N(CCc3ccccc3)C(=O)C3CCCCC3)n2)cc1. The Balaban J connectivity index is 1.57. The highest BCUT2D eigenvalue weighted by molar-refractivity contribution is 7.14. The zero-order chi connectivity index (χ0) is 20.1. The number of carbonyl (C=O) groups excluding carboxylic acids is 1. The van der Waals surface area contributed by atoms with Gasteiger partial charge < -0.3 is 0 Å². The summed E-state index contributed by atoms with van der Waals surface area (Å²) in [4.78, 5) is 20.2. The summed E-state index contributed by atoms with van der Waals surface area (Å²) >= 11 is 1.58. The Kier molecular flexibility index (Phi) is 6.40. The van der Waals surface area contributed by atoms with E-state index in [1.54, 1.807) is 11.3 Å². The Labute approximate surface area is 177 Å². The van der Waals surface area contributed by atoms with Gasteiger partial charge in [-0.25, -0.2) is 4.98 Å². The van der Waals surface area contributed by atoms with Crippen LogP contribution in [0.3, 0.4) is 0 Å². The molecule has 3 nitrogen and oxygen atoms in total. The number of carbonyl (C=O) groups is 1. The van der Waals surface area contributed by atoms with Crippen LogP contribution in [0.5, 0.6) is 0 Å². The largest absolute Gasteiger partial charge is 0.288 e. The van der Waals surface area contributed by atoms with Crippen LogP contribution in [-0.2, 0) is 11.2 Å². The number of thiazole rings is 1. The van der Waals surface area contributed by atoms with E-state index in [1.165, 1.54) is 17.5 Å². The molecule has 1 aliphatic carbocycles. The molecule has 1 heterocycles. The van der Waals surface area contributed by atoms with Crippen LogP contribution in [0.15, 0.2) is 60.0 Å². The lowest BCUT2D eigenvalue weighted by Gasteiger charge is -2.27. The molecule has 1 aliphatic rings. The third-order valence-corrected chi connectivity index (χ3v) is 6.62. The summed E-state index contributed by atoms with van der Waals surface area (Å²) < 4.78 is 0. The van der Waals surface area contributed by atoms with Gasteiger partial charge in [0.1, 0.15) is 0 Å². The van der Waals surface area contributed by atoms with Crippen LogP contribution < -0.4 is 4.90 Å². The Bertz CT molecular complexity index is 927. The van der Waals surface area contributed by atoms with E-state index in [0.29, 0.717) is 6.54 Å². The van der Waals surface area contributed by atoms with Gasteiger partial charge in [0.05, 0.1) is 5.69 Å². The molecule has 0 aliphatic heterocycles. The molecule has 4 heteroatoms. The molecule has 1 aromatic heterocycles. The van der Waals surface area contributed by atoms with Gasteiger partial charge >= 0.3 is 0 Å². The third kappa shape index (κ3) is 4.94. The first-order chi connectivity index (χ1) is 14.2. The zero-order valence-electron chi connectivity index (χ0n) is 17.0. The molecule has 1 fully saturated rings. The maximum Gasteiger partial charge on any atom is 0.231 e. The van der Waals surface area contributed by atoms with E-state index in [0.717, 1.165) is 48.5 Å². The summed E-state index contributed by atoms with van der Waals surface area (Å²) in [6.07, 6.45) is 6.44. The molecular weight excluding hydrogens is 376 g/mol. The number of aryl methyl sites for hydroxylation is 1. The van der Waals surface area contributed by atoms with Gasteiger partial charge in [0.2, 0.25) is 5.91 Å². The predicted octanol–water partition coefficient (Wildman–Crippen LogP) is 6.27. The maximum atomic E-state index is 13.4. The number of hydrogen-bond acceptors (Lipinski definition) is 3. The number of benzene rings is 2. The lowest BCUT2D eigenvalue weighted by atomic mass is 9.88. The van der Waals surface area contributed by atoms with Crippen molar-refractivity contribution in [3.05, 3.63) is 71.1 Å². The summed E-state index contributed by atoms with van der Waals surface area (Å²) in [7, 11) is 0. The van der Waals surface area contributed by atoms with Crippen molar-refractivity contribution in [2.75, 3.05) is 11.4 Å². The van der Waals surface area contributed by atoms with Crippen molar-refractivity contribution in [3.63, 3.8) is 0 Å².